The van der Waals surface area contributed by atoms with Gasteiger partial charge in [-0.05, 0) is 39.3 Å². The van der Waals surface area contributed by atoms with Crippen LogP contribution in [0.1, 0.15) is 26.2 Å². The van der Waals surface area contributed by atoms with Gasteiger partial charge in [0, 0.05) is 33.3 Å². The zero-order valence-electron chi connectivity index (χ0n) is 11.7. The maximum Gasteiger partial charge on any atom is 0.191 e. The van der Waals surface area contributed by atoms with E-state index in [-0.39, 0.29) is 5.60 Å². The maximum atomic E-state index is 5.75. The number of hydrogen-bond donors (Lipinski definition) is 2. The minimum atomic E-state index is -0.0188. The highest BCUT2D eigenvalue weighted by molar-refractivity contribution is 5.79. The van der Waals surface area contributed by atoms with E-state index < -0.39 is 0 Å². The predicted octanol–water partition coefficient (Wildman–Crippen LogP) is 0.426. The van der Waals surface area contributed by atoms with Crippen LogP contribution in [0.15, 0.2) is 4.99 Å². The van der Waals surface area contributed by atoms with Gasteiger partial charge in [0.25, 0.3) is 0 Å². The van der Waals surface area contributed by atoms with Crippen molar-refractivity contribution in [2.24, 2.45) is 4.99 Å². The summed E-state index contributed by atoms with van der Waals surface area (Å²) in [5.74, 6) is 0.882. The van der Waals surface area contributed by atoms with Gasteiger partial charge in [-0.15, -0.1) is 0 Å². The Morgan fingerprint density at radius 2 is 2.17 bits per heavy atom. The number of guanidine groups is 1. The number of aliphatic imine (C=N–C) groups is 1. The third kappa shape index (κ3) is 3.85. The van der Waals surface area contributed by atoms with Gasteiger partial charge in [0.2, 0.25) is 0 Å². The van der Waals surface area contributed by atoms with Crippen LogP contribution in [0, 0.1) is 0 Å². The first-order chi connectivity index (χ1) is 8.72. The Morgan fingerprint density at radius 3 is 2.72 bits per heavy atom. The highest BCUT2D eigenvalue weighted by Gasteiger charge is 2.29. The Bertz CT molecular complexity index is 283. The van der Waals surface area contributed by atoms with Gasteiger partial charge in [0.15, 0.2) is 5.96 Å². The number of rotatable bonds is 5. The summed E-state index contributed by atoms with van der Waals surface area (Å²) in [6.07, 6.45) is 3.65. The molecule has 1 atom stereocenters. The van der Waals surface area contributed by atoms with Crippen LogP contribution in [-0.4, -0.2) is 62.8 Å². The number of likely N-dealkylation sites (tertiary alicyclic amines) is 1. The highest BCUT2D eigenvalue weighted by Crippen LogP contribution is 2.23. The summed E-state index contributed by atoms with van der Waals surface area (Å²) in [6, 6.07) is 0. The predicted molar refractivity (Wildman–Crippen MR) is 74.0 cm³/mol. The van der Waals surface area contributed by atoms with Crippen molar-refractivity contribution in [3.8, 4) is 0 Å². The summed E-state index contributed by atoms with van der Waals surface area (Å²) >= 11 is 0. The molecule has 0 aromatic heterocycles. The molecule has 0 aromatic rings. The van der Waals surface area contributed by atoms with Crippen molar-refractivity contribution < 1.29 is 4.74 Å². The fourth-order valence-electron chi connectivity index (χ4n) is 2.41. The maximum absolute atomic E-state index is 5.75. The fourth-order valence-corrected chi connectivity index (χ4v) is 2.41. The topological polar surface area (TPSA) is 48.9 Å². The van der Waals surface area contributed by atoms with Gasteiger partial charge in [0.05, 0.1) is 5.60 Å². The molecule has 0 radical (unpaired) electrons. The monoisotopic (exact) mass is 254 g/mol. The molecule has 0 saturated carbocycles. The molecule has 2 saturated heterocycles. The van der Waals surface area contributed by atoms with Crippen molar-refractivity contribution in [3.05, 3.63) is 0 Å². The Morgan fingerprint density at radius 1 is 1.33 bits per heavy atom. The largest absolute Gasteiger partial charge is 0.373 e. The zero-order chi connectivity index (χ0) is 12.8. The van der Waals surface area contributed by atoms with E-state index in [2.05, 4.69) is 27.4 Å². The summed E-state index contributed by atoms with van der Waals surface area (Å²) in [5.41, 5.74) is -0.0188. The highest BCUT2D eigenvalue weighted by atomic mass is 16.5. The molecule has 2 heterocycles. The average molecular weight is 254 g/mol. The minimum absolute atomic E-state index is 0.0188. The van der Waals surface area contributed by atoms with Crippen LogP contribution in [0.4, 0.5) is 0 Å². The molecule has 0 aliphatic carbocycles. The van der Waals surface area contributed by atoms with Gasteiger partial charge in [-0.3, -0.25) is 4.99 Å². The summed E-state index contributed by atoms with van der Waals surface area (Å²) in [5, 5.41) is 6.71. The lowest BCUT2D eigenvalue weighted by molar-refractivity contribution is 0.0242. The Labute approximate surface area is 110 Å². The van der Waals surface area contributed by atoms with E-state index in [0.717, 1.165) is 38.6 Å². The van der Waals surface area contributed by atoms with Crippen LogP contribution in [-0.2, 0) is 4.74 Å². The average Bonchev–Trinajstić information content (AvgIpc) is 2.73. The molecule has 2 aliphatic heterocycles. The molecule has 104 valence electrons. The quantitative estimate of drug-likeness (QED) is 0.552. The van der Waals surface area contributed by atoms with Gasteiger partial charge in [0.1, 0.15) is 0 Å². The lowest BCUT2D eigenvalue weighted by atomic mass is 10.0. The van der Waals surface area contributed by atoms with Gasteiger partial charge >= 0.3 is 0 Å². The molecular formula is C13H26N4O. The second-order valence-corrected chi connectivity index (χ2v) is 5.45. The van der Waals surface area contributed by atoms with Crippen LogP contribution >= 0.6 is 0 Å². The Hall–Kier alpha value is -0.810. The van der Waals surface area contributed by atoms with Gasteiger partial charge in [-0.2, -0.15) is 0 Å². The van der Waals surface area contributed by atoms with Crippen molar-refractivity contribution in [2.75, 3.05) is 46.4 Å². The van der Waals surface area contributed by atoms with Crippen LogP contribution in [0.25, 0.3) is 0 Å². The smallest absolute Gasteiger partial charge is 0.191 e. The standard InChI is InChI=1S/C13H26N4O/c1-13(5-3-10-18-13)11-16-12(14-2)15-6-9-17-7-4-8-17/h3-11H2,1-2H3,(H2,14,15,16). The zero-order valence-corrected chi connectivity index (χ0v) is 11.7. The third-order valence-corrected chi connectivity index (χ3v) is 3.82. The molecule has 0 spiro atoms. The van der Waals surface area contributed by atoms with Crippen molar-refractivity contribution in [2.45, 2.75) is 31.8 Å². The van der Waals surface area contributed by atoms with Gasteiger partial charge in [-0.25, -0.2) is 0 Å². The molecule has 2 N–H and O–H groups in total. The third-order valence-electron chi connectivity index (χ3n) is 3.82. The molecule has 0 bridgehead atoms. The molecule has 5 nitrogen and oxygen atoms in total. The molecule has 2 rings (SSSR count). The molecule has 2 fully saturated rings. The number of hydrogen-bond acceptors (Lipinski definition) is 3. The number of nitrogens with one attached hydrogen (secondary N) is 2. The molecule has 5 heteroatoms. The summed E-state index contributed by atoms with van der Waals surface area (Å²) in [7, 11) is 1.82. The summed E-state index contributed by atoms with van der Waals surface area (Å²) in [4.78, 5) is 6.69. The molecule has 1 unspecified atom stereocenters. The normalized spacial score (nSPS) is 29.1. The van der Waals surface area contributed by atoms with Crippen molar-refractivity contribution in [3.63, 3.8) is 0 Å². The van der Waals surface area contributed by atoms with Crippen LogP contribution in [0.5, 0.6) is 0 Å². The molecule has 18 heavy (non-hydrogen) atoms. The SMILES string of the molecule is CN=C(NCCN1CCC1)NCC1(C)CCCO1. The summed E-state index contributed by atoms with van der Waals surface area (Å²) in [6.45, 7) is 8.45. The molecule has 0 aromatic carbocycles. The van der Waals surface area contributed by atoms with Crippen LogP contribution < -0.4 is 10.6 Å². The van der Waals surface area contributed by atoms with Gasteiger partial charge in [-0.1, -0.05) is 0 Å². The lowest BCUT2D eigenvalue weighted by Crippen LogP contribution is -2.48. The second-order valence-electron chi connectivity index (χ2n) is 5.45. The van der Waals surface area contributed by atoms with Crippen molar-refractivity contribution in [1.29, 1.82) is 0 Å². The second kappa shape index (κ2) is 6.38. The van der Waals surface area contributed by atoms with E-state index in [1.165, 1.54) is 25.9 Å². The molecule has 0 amide bonds. The molecular weight excluding hydrogens is 228 g/mol. The van der Waals surface area contributed by atoms with Crippen LogP contribution in [0.2, 0.25) is 0 Å². The van der Waals surface area contributed by atoms with Gasteiger partial charge < -0.3 is 20.3 Å². The lowest BCUT2D eigenvalue weighted by Gasteiger charge is -2.31. The van der Waals surface area contributed by atoms with E-state index >= 15 is 0 Å². The van der Waals surface area contributed by atoms with E-state index in [1.807, 2.05) is 7.05 Å². The summed E-state index contributed by atoms with van der Waals surface area (Å²) < 4.78 is 5.75. The van der Waals surface area contributed by atoms with Crippen molar-refractivity contribution >= 4 is 5.96 Å². The first kappa shape index (κ1) is 13.6. The Kier molecular flexibility index (Phi) is 4.83. The van der Waals surface area contributed by atoms with E-state index in [1.54, 1.807) is 0 Å². The van der Waals surface area contributed by atoms with E-state index in [9.17, 15) is 0 Å². The number of ether oxygens (including phenoxy) is 1. The fraction of sp³-hybridized carbons (Fsp3) is 0.923. The first-order valence-electron chi connectivity index (χ1n) is 7.03. The first-order valence-corrected chi connectivity index (χ1v) is 7.03. The van der Waals surface area contributed by atoms with Crippen LogP contribution in [0.3, 0.4) is 0 Å². The Balaban J connectivity index is 1.62. The van der Waals surface area contributed by atoms with E-state index in [4.69, 9.17) is 4.74 Å². The molecule has 2 aliphatic rings. The number of nitrogens with zero attached hydrogens (tertiary/aromatic N) is 2. The minimum Gasteiger partial charge on any atom is -0.373 e. The van der Waals surface area contributed by atoms with Crippen molar-refractivity contribution in [1.82, 2.24) is 15.5 Å². The van der Waals surface area contributed by atoms with E-state index in [0.29, 0.717) is 0 Å².